The number of halogens is 1. The Kier molecular flexibility index (Phi) is 5.60. The van der Waals surface area contributed by atoms with Gasteiger partial charge >= 0.3 is 0 Å². The molecule has 2 rings (SSSR count). The van der Waals surface area contributed by atoms with Crippen LogP contribution in [0.4, 0.5) is 5.69 Å². The summed E-state index contributed by atoms with van der Waals surface area (Å²) in [7, 11) is 0. The molecule has 1 aliphatic carbocycles. The first-order valence-corrected chi connectivity index (χ1v) is 8.05. The molecule has 0 aromatic carbocycles. The Labute approximate surface area is 127 Å². The van der Waals surface area contributed by atoms with Gasteiger partial charge in [0.2, 0.25) is 0 Å². The average Bonchev–Trinajstić information content (AvgIpc) is 2.48. The van der Waals surface area contributed by atoms with E-state index in [2.05, 4.69) is 33.3 Å². The number of hydrogen-bond acceptors (Lipinski definition) is 4. The van der Waals surface area contributed by atoms with Crippen molar-refractivity contribution in [3.05, 3.63) is 21.0 Å². The van der Waals surface area contributed by atoms with Gasteiger partial charge in [-0.3, -0.25) is 4.79 Å². The molecule has 1 aliphatic rings. The van der Waals surface area contributed by atoms with Crippen LogP contribution in [-0.2, 0) is 6.54 Å². The van der Waals surface area contributed by atoms with E-state index in [-0.39, 0.29) is 18.7 Å². The van der Waals surface area contributed by atoms with E-state index in [1.54, 1.807) is 6.20 Å². The van der Waals surface area contributed by atoms with Crippen LogP contribution < -0.4 is 10.9 Å². The molecule has 1 aromatic rings. The van der Waals surface area contributed by atoms with Crippen molar-refractivity contribution >= 4 is 21.6 Å². The van der Waals surface area contributed by atoms with E-state index in [0.29, 0.717) is 16.4 Å². The SMILES string of the molecule is CC(Nc1cnn(CCO)c(=O)c1Br)C1CCCCC1. The van der Waals surface area contributed by atoms with Crippen molar-refractivity contribution in [2.24, 2.45) is 5.92 Å². The van der Waals surface area contributed by atoms with E-state index in [1.165, 1.54) is 36.8 Å². The minimum atomic E-state index is -0.208. The minimum Gasteiger partial charge on any atom is -0.394 e. The zero-order valence-electron chi connectivity index (χ0n) is 11.8. The summed E-state index contributed by atoms with van der Waals surface area (Å²) in [5.74, 6) is 0.663. The highest BCUT2D eigenvalue weighted by Gasteiger charge is 2.21. The van der Waals surface area contributed by atoms with Gasteiger partial charge in [0.1, 0.15) is 4.47 Å². The van der Waals surface area contributed by atoms with Crippen molar-refractivity contribution in [1.29, 1.82) is 0 Å². The number of rotatable bonds is 5. The molecule has 1 unspecified atom stereocenters. The van der Waals surface area contributed by atoms with Gasteiger partial charge < -0.3 is 10.4 Å². The fourth-order valence-electron chi connectivity index (χ4n) is 2.82. The second-order valence-corrected chi connectivity index (χ2v) is 6.25. The molecule has 1 fully saturated rings. The van der Waals surface area contributed by atoms with Crippen molar-refractivity contribution < 1.29 is 5.11 Å². The predicted octanol–water partition coefficient (Wildman–Crippen LogP) is 2.38. The topological polar surface area (TPSA) is 67.2 Å². The second kappa shape index (κ2) is 7.22. The molecule has 0 radical (unpaired) electrons. The van der Waals surface area contributed by atoms with E-state index in [1.807, 2.05) is 0 Å². The summed E-state index contributed by atoms with van der Waals surface area (Å²) >= 11 is 3.34. The largest absolute Gasteiger partial charge is 0.394 e. The number of nitrogens with one attached hydrogen (secondary N) is 1. The van der Waals surface area contributed by atoms with Crippen LogP contribution in [0.15, 0.2) is 15.5 Å². The Morgan fingerprint density at radius 1 is 1.50 bits per heavy atom. The third-order valence-corrected chi connectivity index (χ3v) is 4.80. The lowest BCUT2D eigenvalue weighted by molar-refractivity contribution is 0.266. The van der Waals surface area contributed by atoms with E-state index < -0.39 is 0 Å². The first-order chi connectivity index (χ1) is 9.63. The van der Waals surface area contributed by atoms with Crippen LogP contribution in [0.5, 0.6) is 0 Å². The monoisotopic (exact) mass is 343 g/mol. The third kappa shape index (κ3) is 3.61. The van der Waals surface area contributed by atoms with Crippen molar-refractivity contribution in [2.75, 3.05) is 11.9 Å². The molecule has 1 atom stereocenters. The Morgan fingerprint density at radius 3 is 2.85 bits per heavy atom. The Morgan fingerprint density at radius 2 is 2.20 bits per heavy atom. The van der Waals surface area contributed by atoms with Gasteiger partial charge in [-0.05, 0) is 41.6 Å². The maximum Gasteiger partial charge on any atom is 0.283 e. The van der Waals surface area contributed by atoms with Gasteiger partial charge in [-0.15, -0.1) is 0 Å². The van der Waals surface area contributed by atoms with Gasteiger partial charge in [0.15, 0.2) is 0 Å². The smallest absolute Gasteiger partial charge is 0.283 e. The molecule has 6 heteroatoms. The highest BCUT2D eigenvalue weighted by molar-refractivity contribution is 9.10. The van der Waals surface area contributed by atoms with Crippen LogP contribution in [0.1, 0.15) is 39.0 Å². The highest BCUT2D eigenvalue weighted by atomic mass is 79.9. The Balaban J connectivity index is 2.09. The number of aliphatic hydroxyl groups is 1. The summed E-state index contributed by atoms with van der Waals surface area (Å²) in [6.07, 6.45) is 8.09. The molecule has 112 valence electrons. The molecule has 0 bridgehead atoms. The molecule has 0 aliphatic heterocycles. The zero-order valence-corrected chi connectivity index (χ0v) is 13.4. The molecular weight excluding hydrogens is 322 g/mol. The Bertz CT molecular complexity index is 498. The van der Waals surface area contributed by atoms with Gasteiger partial charge in [0.05, 0.1) is 25.0 Å². The number of aromatic nitrogens is 2. The molecule has 1 saturated carbocycles. The Hall–Kier alpha value is -0.880. The van der Waals surface area contributed by atoms with Crippen molar-refractivity contribution in [1.82, 2.24) is 9.78 Å². The number of anilines is 1. The molecular formula is C14H22BrN3O2. The second-order valence-electron chi connectivity index (χ2n) is 5.46. The normalized spacial score (nSPS) is 17.9. The first-order valence-electron chi connectivity index (χ1n) is 7.26. The fourth-order valence-corrected chi connectivity index (χ4v) is 3.24. The molecule has 1 aromatic heterocycles. The molecule has 0 spiro atoms. The van der Waals surface area contributed by atoms with E-state index in [0.717, 1.165) is 5.69 Å². The average molecular weight is 344 g/mol. The first kappa shape index (κ1) is 15.5. The van der Waals surface area contributed by atoms with Gasteiger partial charge in [-0.2, -0.15) is 5.10 Å². The quantitative estimate of drug-likeness (QED) is 0.861. The van der Waals surface area contributed by atoms with Crippen molar-refractivity contribution in [3.63, 3.8) is 0 Å². The molecule has 0 saturated heterocycles. The van der Waals surface area contributed by atoms with Crippen molar-refractivity contribution in [2.45, 2.75) is 51.6 Å². The minimum absolute atomic E-state index is 0.0927. The summed E-state index contributed by atoms with van der Waals surface area (Å²) in [6.45, 7) is 2.29. The van der Waals surface area contributed by atoms with Gasteiger partial charge in [0, 0.05) is 6.04 Å². The molecule has 20 heavy (non-hydrogen) atoms. The molecule has 5 nitrogen and oxygen atoms in total. The lowest BCUT2D eigenvalue weighted by atomic mass is 9.84. The van der Waals surface area contributed by atoms with Crippen molar-refractivity contribution in [3.8, 4) is 0 Å². The molecule has 1 heterocycles. The van der Waals surface area contributed by atoms with Crippen LogP contribution in [0.25, 0.3) is 0 Å². The summed E-state index contributed by atoms with van der Waals surface area (Å²) in [4.78, 5) is 12.0. The predicted molar refractivity (Wildman–Crippen MR) is 82.9 cm³/mol. The summed E-state index contributed by atoms with van der Waals surface area (Å²) < 4.78 is 1.75. The van der Waals surface area contributed by atoms with Crippen LogP contribution in [0.3, 0.4) is 0 Å². The van der Waals surface area contributed by atoms with Crippen LogP contribution in [0.2, 0.25) is 0 Å². The van der Waals surface area contributed by atoms with Gasteiger partial charge in [-0.1, -0.05) is 19.3 Å². The fraction of sp³-hybridized carbons (Fsp3) is 0.714. The van der Waals surface area contributed by atoms with Crippen LogP contribution >= 0.6 is 15.9 Å². The summed E-state index contributed by atoms with van der Waals surface area (Å²) in [6, 6.07) is 0.335. The van der Waals surface area contributed by atoms with Gasteiger partial charge in [-0.25, -0.2) is 4.68 Å². The number of nitrogens with zero attached hydrogens (tertiary/aromatic N) is 2. The van der Waals surface area contributed by atoms with Crippen LogP contribution in [-0.4, -0.2) is 27.5 Å². The van der Waals surface area contributed by atoms with E-state index in [9.17, 15) is 4.79 Å². The maximum absolute atomic E-state index is 12.0. The van der Waals surface area contributed by atoms with E-state index >= 15 is 0 Å². The summed E-state index contributed by atoms with van der Waals surface area (Å²) in [5.41, 5.74) is 0.530. The standard InChI is InChI=1S/C14H22BrN3O2/c1-10(11-5-3-2-4-6-11)17-12-9-16-18(7-8-19)14(20)13(12)15/h9-11,17,19H,2-8H2,1H3. The maximum atomic E-state index is 12.0. The van der Waals surface area contributed by atoms with Gasteiger partial charge in [0.25, 0.3) is 5.56 Å². The summed E-state index contributed by atoms with van der Waals surface area (Å²) in [5, 5.41) is 16.4. The lowest BCUT2D eigenvalue weighted by Gasteiger charge is -2.29. The third-order valence-electron chi connectivity index (χ3n) is 4.04. The highest BCUT2D eigenvalue weighted by Crippen LogP contribution is 2.28. The molecule has 0 amide bonds. The van der Waals surface area contributed by atoms with Crippen LogP contribution in [0, 0.1) is 5.92 Å². The molecule has 2 N–H and O–H groups in total. The number of aliphatic hydroxyl groups excluding tert-OH is 1. The number of hydrogen-bond donors (Lipinski definition) is 2. The van der Waals surface area contributed by atoms with E-state index in [4.69, 9.17) is 5.11 Å². The lowest BCUT2D eigenvalue weighted by Crippen LogP contribution is -2.30. The zero-order chi connectivity index (χ0) is 14.5.